The molecule has 1 heterocycles. The zero-order chi connectivity index (χ0) is 13.9. The van der Waals surface area contributed by atoms with Crippen molar-refractivity contribution in [3.05, 3.63) is 59.4 Å². The number of hydrogen-bond acceptors (Lipinski definition) is 3. The number of hydrogen-bond donors (Lipinski definition) is 0. The molecule has 0 bridgehead atoms. The van der Waals surface area contributed by atoms with E-state index in [-0.39, 0.29) is 11.7 Å². The average molecular weight is 267 g/mol. The molecule has 1 aromatic heterocycles. The molecule has 0 saturated carbocycles. The molecule has 1 unspecified atom stereocenters. The predicted octanol–water partition coefficient (Wildman–Crippen LogP) is 3.08. The third kappa shape index (κ3) is 2.31. The first kappa shape index (κ1) is 12.9. The van der Waals surface area contributed by atoms with Crippen molar-refractivity contribution in [3.63, 3.8) is 0 Å². The first-order valence-electron chi connectivity index (χ1n) is 6.89. The molecular formula is C17H17NO2. The fraction of sp³-hybridized carbons (Fsp3) is 0.294. The Kier molecular flexibility index (Phi) is 3.50. The van der Waals surface area contributed by atoms with Crippen LogP contribution in [0.5, 0.6) is 5.75 Å². The minimum atomic E-state index is 0.00806. The van der Waals surface area contributed by atoms with Crippen LogP contribution in [0.3, 0.4) is 0 Å². The summed E-state index contributed by atoms with van der Waals surface area (Å²) in [5.41, 5.74) is 3.11. The largest absolute Gasteiger partial charge is 0.494 e. The second kappa shape index (κ2) is 5.45. The van der Waals surface area contributed by atoms with E-state index >= 15 is 0 Å². The first-order chi connectivity index (χ1) is 9.79. The Hall–Kier alpha value is -2.16. The van der Waals surface area contributed by atoms with Crippen LogP contribution in [0.1, 0.15) is 28.0 Å². The van der Waals surface area contributed by atoms with Crippen molar-refractivity contribution in [2.24, 2.45) is 5.92 Å². The lowest BCUT2D eigenvalue weighted by Gasteiger charge is -2.23. The predicted molar refractivity (Wildman–Crippen MR) is 77.1 cm³/mol. The van der Waals surface area contributed by atoms with Gasteiger partial charge in [0, 0.05) is 12.1 Å². The van der Waals surface area contributed by atoms with Gasteiger partial charge < -0.3 is 4.74 Å². The highest BCUT2D eigenvalue weighted by molar-refractivity contribution is 5.98. The maximum Gasteiger partial charge on any atom is 0.188 e. The summed E-state index contributed by atoms with van der Waals surface area (Å²) in [5.74, 6) is 0.669. The van der Waals surface area contributed by atoms with Gasteiger partial charge >= 0.3 is 0 Å². The highest BCUT2D eigenvalue weighted by Crippen LogP contribution is 2.29. The maximum atomic E-state index is 12.6. The monoisotopic (exact) mass is 267 g/mol. The number of aromatic nitrogens is 1. The van der Waals surface area contributed by atoms with Gasteiger partial charge in [0.05, 0.1) is 7.11 Å². The van der Waals surface area contributed by atoms with Crippen LogP contribution in [0.15, 0.2) is 42.6 Å². The average Bonchev–Trinajstić information content (AvgIpc) is 2.53. The van der Waals surface area contributed by atoms with Crippen LogP contribution in [-0.2, 0) is 12.8 Å². The van der Waals surface area contributed by atoms with Crippen LogP contribution >= 0.6 is 0 Å². The third-order valence-electron chi connectivity index (χ3n) is 3.94. The number of carbonyl (C=O) groups excluding carboxylic acids is 1. The van der Waals surface area contributed by atoms with Crippen molar-refractivity contribution in [1.82, 2.24) is 4.98 Å². The molecule has 1 aliphatic rings. The Morgan fingerprint density at radius 3 is 2.80 bits per heavy atom. The number of Topliss-reactive ketones (excluding diaryl/α,β-unsaturated/α-hetero) is 1. The second-order valence-electron chi connectivity index (χ2n) is 5.13. The van der Waals surface area contributed by atoms with Gasteiger partial charge in [0.15, 0.2) is 5.78 Å². The van der Waals surface area contributed by atoms with Crippen LogP contribution in [0.4, 0.5) is 0 Å². The van der Waals surface area contributed by atoms with Gasteiger partial charge in [-0.1, -0.05) is 24.3 Å². The SMILES string of the molecule is COc1cccnc1C(=O)C1CCc2ccccc2C1. The minimum Gasteiger partial charge on any atom is -0.494 e. The summed E-state index contributed by atoms with van der Waals surface area (Å²) in [4.78, 5) is 16.9. The molecule has 0 spiro atoms. The summed E-state index contributed by atoms with van der Waals surface area (Å²) in [6.45, 7) is 0. The van der Waals surface area contributed by atoms with Crippen LogP contribution in [0.2, 0.25) is 0 Å². The van der Waals surface area contributed by atoms with Crippen molar-refractivity contribution in [1.29, 1.82) is 0 Å². The molecule has 3 heteroatoms. The van der Waals surface area contributed by atoms with E-state index in [0.717, 1.165) is 19.3 Å². The summed E-state index contributed by atoms with van der Waals surface area (Å²) >= 11 is 0. The number of rotatable bonds is 3. The van der Waals surface area contributed by atoms with Crippen molar-refractivity contribution in [2.75, 3.05) is 7.11 Å². The van der Waals surface area contributed by atoms with E-state index in [1.807, 2.05) is 6.07 Å². The fourth-order valence-electron chi connectivity index (χ4n) is 2.86. The Morgan fingerprint density at radius 2 is 2.00 bits per heavy atom. The molecule has 0 amide bonds. The van der Waals surface area contributed by atoms with E-state index in [1.165, 1.54) is 11.1 Å². The second-order valence-corrected chi connectivity index (χ2v) is 5.13. The zero-order valence-corrected chi connectivity index (χ0v) is 11.5. The van der Waals surface area contributed by atoms with Crippen LogP contribution in [-0.4, -0.2) is 17.9 Å². The van der Waals surface area contributed by atoms with Crippen LogP contribution < -0.4 is 4.74 Å². The summed E-state index contributed by atoms with van der Waals surface area (Å²) in [6.07, 6.45) is 4.29. The Labute approximate surface area is 118 Å². The molecule has 1 aromatic carbocycles. The summed E-state index contributed by atoms with van der Waals surface area (Å²) < 4.78 is 5.24. The van der Waals surface area contributed by atoms with Crippen LogP contribution in [0.25, 0.3) is 0 Å². The lowest BCUT2D eigenvalue weighted by atomic mass is 9.81. The van der Waals surface area contributed by atoms with Gasteiger partial charge in [0.25, 0.3) is 0 Å². The Balaban J connectivity index is 1.86. The van der Waals surface area contributed by atoms with E-state index in [4.69, 9.17) is 4.74 Å². The number of nitrogens with zero attached hydrogens (tertiary/aromatic N) is 1. The van der Waals surface area contributed by atoms with Crippen molar-refractivity contribution < 1.29 is 9.53 Å². The van der Waals surface area contributed by atoms with Gasteiger partial charge in [-0.2, -0.15) is 0 Å². The molecule has 102 valence electrons. The van der Waals surface area contributed by atoms with Crippen LogP contribution in [0, 0.1) is 5.92 Å². The molecule has 0 saturated heterocycles. The number of carbonyl (C=O) groups is 1. The molecule has 1 aliphatic carbocycles. The summed E-state index contributed by atoms with van der Waals surface area (Å²) in [7, 11) is 1.57. The molecule has 0 fully saturated rings. The lowest BCUT2D eigenvalue weighted by molar-refractivity contribution is 0.0900. The molecular weight excluding hydrogens is 250 g/mol. The summed E-state index contributed by atoms with van der Waals surface area (Å²) in [6, 6.07) is 11.9. The molecule has 0 aliphatic heterocycles. The molecule has 3 nitrogen and oxygen atoms in total. The zero-order valence-electron chi connectivity index (χ0n) is 11.5. The van der Waals surface area contributed by atoms with Crippen molar-refractivity contribution in [2.45, 2.75) is 19.3 Å². The number of methoxy groups -OCH3 is 1. The van der Waals surface area contributed by atoms with Crippen molar-refractivity contribution >= 4 is 5.78 Å². The lowest BCUT2D eigenvalue weighted by Crippen LogP contribution is -2.24. The van der Waals surface area contributed by atoms with E-state index in [0.29, 0.717) is 11.4 Å². The smallest absolute Gasteiger partial charge is 0.188 e. The maximum absolute atomic E-state index is 12.6. The van der Waals surface area contributed by atoms with Crippen molar-refractivity contribution in [3.8, 4) is 5.75 Å². The molecule has 0 radical (unpaired) electrons. The van der Waals surface area contributed by atoms with Gasteiger partial charge in [0.1, 0.15) is 11.4 Å². The van der Waals surface area contributed by atoms with E-state index in [2.05, 4.69) is 23.2 Å². The number of ether oxygens (including phenoxy) is 1. The topological polar surface area (TPSA) is 39.2 Å². The van der Waals surface area contributed by atoms with Gasteiger partial charge in [-0.3, -0.25) is 4.79 Å². The number of aryl methyl sites for hydroxylation is 1. The van der Waals surface area contributed by atoms with E-state index in [9.17, 15) is 4.79 Å². The minimum absolute atomic E-state index is 0.00806. The number of fused-ring (bicyclic) bond motifs is 1. The molecule has 2 aromatic rings. The van der Waals surface area contributed by atoms with Gasteiger partial charge in [0.2, 0.25) is 0 Å². The summed E-state index contributed by atoms with van der Waals surface area (Å²) in [5, 5.41) is 0. The van der Waals surface area contributed by atoms with E-state index < -0.39 is 0 Å². The molecule has 1 atom stereocenters. The standard InChI is InChI=1S/C17H17NO2/c1-20-15-7-4-10-18-16(15)17(19)14-9-8-12-5-2-3-6-13(12)11-14/h2-7,10,14H,8-9,11H2,1H3. The molecule has 0 N–H and O–H groups in total. The van der Waals surface area contributed by atoms with Gasteiger partial charge in [-0.15, -0.1) is 0 Å². The highest BCUT2D eigenvalue weighted by Gasteiger charge is 2.27. The van der Waals surface area contributed by atoms with E-state index in [1.54, 1.807) is 25.4 Å². The fourth-order valence-corrected chi connectivity index (χ4v) is 2.86. The number of benzene rings is 1. The quantitative estimate of drug-likeness (QED) is 0.802. The Morgan fingerprint density at radius 1 is 1.20 bits per heavy atom. The normalized spacial score (nSPS) is 17.4. The Bertz CT molecular complexity index is 636. The van der Waals surface area contributed by atoms with Gasteiger partial charge in [-0.25, -0.2) is 4.98 Å². The third-order valence-corrected chi connectivity index (χ3v) is 3.94. The molecule has 20 heavy (non-hydrogen) atoms. The first-order valence-corrected chi connectivity index (χ1v) is 6.89. The number of pyridine rings is 1. The number of ketones is 1. The molecule has 3 rings (SSSR count). The van der Waals surface area contributed by atoms with Gasteiger partial charge in [-0.05, 0) is 42.5 Å². The highest BCUT2D eigenvalue weighted by atomic mass is 16.5.